The fourth-order valence-electron chi connectivity index (χ4n) is 1.71. The van der Waals surface area contributed by atoms with Gasteiger partial charge in [0.15, 0.2) is 0 Å². The van der Waals surface area contributed by atoms with Gasteiger partial charge in [-0.1, -0.05) is 6.92 Å². The quantitative estimate of drug-likeness (QED) is 0.890. The molecular weight excluding hydrogens is 224 g/mol. The zero-order valence-corrected chi connectivity index (χ0v) is 9.91. The maximum Gasteiger partial charge on any atom is 0.346 e. The number of aryl methyl sites for hydroxylation is 2. The Bertz CT molecular complexity index is 528. The predicted octanol–water partition coefficient (Wildman–Crippen LogP) is 2.41. The summed E-state index contributed by atoms with van der Waals surface area (Å²) < 4.78 is 1.72. The zero-order chi connectivity index (χ0) is 11.7. The lowest BCUT2D eigenvalue weighted by Gasteiger charge is -1.98. The van der Waals surface area contributed by atoms with Crippen molar-refractivity contribution in [2.24, 2.45) is 7.05 Å². The van der Waals surface area contributed by atoms with Gasteiger partial charge in [0.25, 0.3) is 0 Å². The van der Waals surface area contributed by atoms with Gasteiger partial charge in [0, 0.05) is 24.4 Å². The molecular formula is C11H12N2O2S. The topological polar surface area (TPSA) is 55.1 Å². The maximum atomic E-state index is 11.0. The van der Waals surface area contributed by atoms with E-state index in [1.54, 1.807) is 10.1 Å². The van der Waals surface area contributed by atoms with Crippen molar-refractivity contribution in [2.45, 2.75) is 13.3 Å². The molecule has 0 aliphatic carbocycles. The smallest absolute Gasteiger partial charge is 0.346 e. The van der Waals surface area contributed by atoms with E-state index in [4.69, 9.17) is 5.11 Å². The predicted molar refractivity (Wildman–Crippen MR) is 62.9 cm³/mol. The summed E-state index contributed by atoms with van der Waals surface area (Å²) >= 11 is 1.24. The van der Waals surface area contributed by atoms with Crippen molar-refractivity contribution in [3.8, 4) is 11.1 Å². The van der Waals surface area contributed by atoms with Gasteiger partial charge in [-0.05, 0) is 17.9 Å². The Balaban J connectivity index is 2.57. The van der Waals surface area contributed by atoms with Gasteiger partial charge in [0.2, 0.25) is 0 Å². The summed E-state index contributed by atoms with van der Waals surface area (Å²) in [5, 5.41) is 15.2. The molecule has 2 rings (SSSR count). The largest absolute Gasteiger partial charge is 0.477 e. The van der Waals surface area contributed by atoms with Gasteiger partial charge in [-0.3, -0.25) is 4.68 Å². The Morgan fingerprint density at radius 1 is 1.56 bits per heavy atom. The zero-order valence-electron chi connectivity index (χ0n) is 9.10. The average Bonchev–Trinajstić information content (AvgIpc) is 2.82. The van der Waals surface area contributed by atoms with E-state index >= 15 is 0 Å². The van der Waals surface area contributed by atoms with Crippen LogP contribution in [0.4, 0.5) is 0 Å². The molecule has 0 fully saturated rings. The van der Waals surface area contributed by atoms with E-state index in [1.807, 2.05) is 26.2 Å². The fraction of sp³-hybridized carbons (Fsp3) is 0.273. The highest BCUT2D eigenvalue weighted by Gasteiger charge is 2.17. The number of hydrogen-bond donors (Lipinski definition) is 1. The SMILES string of the molecule is CCc1nn(C)cc1-c1ccsc1C(=O)O. The number of carboxylic acid groups (broad SMARTS) is 1. The van der Waals surface area contributed by atoms with Crippen LogP contribution in [0.5, 0.6) is 0 Å². The molecule has 2 heterocycles. The van der Waals surface area contributed by atoms with E-state index in [0.29, 0.717) is 4.88 Å². The van der Waals surface area contributed by atoms with Crippen LogP contribution in [0.15, 0.2) is 17.6 Å². The third-order valence-corrected chi connectivity index (χ3v) is 3.29. The fourth-order valence-corrected chi connectivity index (χ4v) is 2.45. The molecule has 5 heteroatoms. The van der Waals surface area contributed by atoms with Crippen LogP contribution in [-0.2, 0) is 13.5 Å². The standard InChI is InChI=1S/C11H12N2O2S/c1-3-9-8(6-13(2)12-9)7-4-5-16-10(7)11(14)15/h4-6H,3H2,1-2H3,(H,14,15). The second-order valence-corrected chi connectivity index (χ2v) is 4.40. The molecule has 2 aromatic rings. The molecule has 0 saturated carbocycles. The minimum Gasteiger partial charge on any atom is -0.477 e. The first-order chi connectivity index (χ1) is 7.63. The number of aromatic carboxylic acids is 1. The molecule has 0 atom stereocenters. The minimum absolute atomic E-state index is 0.378. The van der Waals surface area contributed by atoms with Crippen LogP contribution in [0.1, 0.15) is 22.3 Å². The minimum atomic E-state index is -0.879. The number of carboxylic acids is 1. The van der Waals surface area contributed by atoms with Gasteiger partial charge in [-0.15, -0.1) is 11.3 Å². The third kappa shape index (κ3) is 1.74. The summed E-state index contributed by atoms with van der Waals surface area (Å²) in [6, 6.07) is 1.84. The van der Waals surface area contributed by atoms with Gasteiger partial charge >= 0.3 is 5.97 Å². The van der Waals surface area contributed by atoms with Crippen LogP contribution >= 0.6 is 11.3 Å². The van der Waals surface area contributed by atoms with Crippen LogP contribution < -0.4 is 0 Å². The molecule has 0 radical (unpaired) electrons. The molecule has 0 aromatic carbocycles. The van der Waals surface area contributed by atoms with E-state index in [-0.39, 0.29) is 0 Å². The third-order valence-electron chi connectivity index (χ3n) is 2.39. The molecule has 0 amide bonds. The number of hydrogen-bond acceptors (Lipinski definition) is 3. The Hall–Kier alpha value is -1.62. The summed E-state index contributed by atoms with van der Waals surface area (Å²) in [4.78, 5) is 11.4. The highest BCUT2D eigenvalue weighted by atomic mass is 32.1. The van der Waals surface area contributed by atoms with Gasteiger partial charge in [-0.2, -0.15) is 5.10 Å². The van der Waals surface area contributed by atoms with E-state index in [1.165, 1.54) is 11.3 Å². The summed E-state index contributed by atoms with van der Waals surface area (Å²) in [6.07, 6.45) is 2.67. The van der Waals surface area contributed by atoms with Gasteiger partial charge in [0.1, 0.15) is 4.88 Å². The van der Waals surface area contributed by atoms with Crippen LogP contribution in [0, 0.1) is 0 Å². The Morgan fingerprint density at radius 3 is 2.94 bits per heavy atom. The van der Waals surface area contributed by atoms with E-state index in [2.05, 4.69) is 5.10 Å². The second-order valence-electron chi connectivity index (χ2n) is 3.49. The maximum absolute atomic E-state index is 11.0. The molecule has 0 saturated heterocycles. The number of carbonyl (C=O) groups is 1. The molecule has 0 bridgehead atoms. The van der Waals surface area contributed by atoms with Crippen LogP contribution in [0.3, 0.4) is 0 Å². The number of thiophene rings is 1. The first-order valence-corrected chi connectivity index (χ1v) is 5.85. The van der Waals surface area contributed by atoms with Crippen molar-refractivity contribution >= 4 is 17.3 Å². The van der Waals surface area contributed by atoms with E-state index in [9.17, 15) is 4.79 Å². The van der Waals surface area contributed by atoms with Crippen LogP contribution in [0.25, 0.3) is 11.1 Å². The summed E-state index contributed by atoms with van der Waals surface area (Å²) in [7, 11) is 1.84. The molecule has 1 N–H and O–H groups in total. The molecule has 84 valence electrons. The lowest BCUT2D eigenvalue weighted by atomic mass is 10.1. The Labute approximate surface area is 97.2 Å². The van der Waals surface area contributed by atoms with Crippen molar-refractivity contribution in [2.75, 3.05) is 0 Å². The highest BCUT2D eigenvalue weighted by Crippen LogP contribution is 2.30. The number of rotatable bonds is 3. The first-order valence-electron chi connectivity index (χ1n) is 4.97. The summed E-state index contributed by atoms with van der Waals surface area (Å²) in [6.45, 7) is 2.01. The van der Waals surface area contributed by atoms with Crippen LogP contribution in [0.2, 0.25) is 0 Å². The molecule has 0 aliphatic rings. The van der Waals surface area contributed by atoms with Gasteiger partial charge in [0.05, 0.1) is 5.69 Å². The lowest BCUT2D eigenvalue weighted by molar-refractivity contribution is 0.0703. The molecule has 16 heavy (non-hydrogen) atoms. The molecule has 0 unspecified atom stereocenters. The molecule has 2 aromatic heterocycles. The second kappa shape index (κ2) is 4.09. The van der Waals surface area contributed by atoms with E-state index in [0.717, 1.165) is 23.2 Å². The van der Waals surface area contributed by atoms with Crippen molar-refractivity contribution in [1.29, 1.82) is 0 Å². The van der Waals surface area contributed by atoms with Crippen molar-refractivity contribution in [3.63, 3.8) is 0 Å². The van der Waals surface area contributed by atoms with Crippen molar-refractivity contribution in [3.05, 3.63) is 28.2 Å². The average molecular weight is 236 g/mol. The number of aromatic nitrogens is 2. The number of nitrogens with zero attached hydrogens (tertiary/aromatic N) is 2. The summed E-state index contributed by atoms with van der Waals surface area (Å²) in [5.74, 6) is -0.879. The van der Waals surface area contributed by atoms with Crippen molar-refractivity contribution in [1.82, 2.24) is 9.78 Å². The Morgan fingerprint density at radius 2 is 2.31 bits per heavy atom. The van der Waals surface area contributed by atoms with Gasteiger partial charge < -0.3 is 5.11 Å². The Kier molecular flexibility index (Phi) is 2.78. The highest BCUT2D eigenvalue weighted by molar-refractivity contribution is 7.12. The van der Waals surface area contributed by atoms with E-state index < -0.39 is 5.97 Å². The molecule has 0 spiro atoms. The van der Waals surface area contributed by atoms with Crippen LogP contribution in [-0.4, -0.2) is 20.9 Å². The summed E-state index contributed by atoms with van der Waals surface area (Å²) in [5.41, 5.74) is 2.62. The van der Waals surface area contributed by atoms with Crippen molar-refractivity contribution < 1.29 is 9.90 Å². The van der Waals surface area contributed by atoms with Gasteiger partial charge in [-0.25, -0.2) is 4.79 Å². The lowest BCUT2D eigenvalue weighted by Crippen LogP contribution is -1.95. The molecule has 4 nitrogen and oxygen atoms in total. The monoisotopic (exact) mass is 236 g/mol. The molecule has 0 aliphatic heterocycles. The first kappa shape index (κ1) is 10.9. The normalized spacial score (nSPS) is 10.6.